The van der Waals surface area contributed by atoms with Crippen molar-refractivity contribution in [2.24, 2.45) is 0 Å². The zero-order valence-corrected chi connectivity index (χ0v) is 12.9. The Morgan fingerprint density at radius 2 is 1.86 bits per heavy atom. The number of esters is 1. The van der Waals surface area contributed by atoms with E-state index < -0.39 is 26.8 Å². The molecule has 1 rings (SSSR count). The molecule has 0 aliphatic carbocycles. The largest absolute Gasteiger partial charge is 0.465 e. The maximum atomic E-state index is 12.5. The Labute approximate surface area is 124 Å². The Kier molecular flexibility index (Phi) is 6.54. The van der Waals surface area contributed by atoms with E-state index in [0.717, 1.165) is 7.11 Å². The molecule has 0 amide bonds. The van der Waals surface area contributed by atoms with E-state index in [0.29, 0.717) is 0 Å². The fourth-order valence-corrected chi connectivity index (χ4v) is 2.97. The van der Waals surface area contributed by atoms with Crippen molar-refractivity contribution in [1.29, 1.82) is 0 Å². The third-order valence-electron chi connectivity index (χ3n) is 2.56. The number of benzene rings is 1. The molecule has 0 spiro atoms. The highest BCUT2D eigenvalue weighted by atomic mass is 32.2. The highest BCUT2D eigenvalue weighted by Crippen LogP contribution is 2.21. The van der Waals surface area contributed by atoms with Gasteiger partial charge < -0.3 is 14.2 Å². The summed E-state index contributed by atoms with van der Waals surface area (Å²) in [6.45, 7) is 1.58. The maximum absolute atomic E-state index is 12.5. The number of carbonyl (C=O) groups excluding carboxylic acids is 1. The third-order valence-corrected chi connectivity index (χ3v) is 4.34. The normalized spacial score (nSPS) is 13.8. The van der Waals surface area contributed by atoms with Crippen LogP contribution in [0.1, 0.15) is 6.92 Å². The minimum absolute atomic E-state index is 0.0144. The van der Waals surface area contributed by atoms with Gasteiger partial charge in [-0.2, -0.15) is 0 Å². The van der Waals surface area contributed by atoms with Crippen LogP contribution in [-0.4, -0.2) is 41.5 Å². The molecule has 0 aliphatic rings. The number of hydrogen-bond acceptors (Lipinski definition) is 6. The predicted molar refractivity (Wildman–Crippen MR) is 76.1 cm³/mol. The fraction of sp³-hybridized carbons (Fsp3) is 0.357. The highest BCUT2D eigenvalue weighted by Gasteiger charge is 2.28. The summed E-state index contributed by atoms with van der Waals surface area (Å²) in [5.74, 6) is -0.938. The lowest BCUT2D eigenvalue weighted by molar-refractivity contribution is -0.135. The quantitative estimate of drug-likeness (QED) is 0.431. The lowest BCUT2D eigenvalue weighted by Crippen LogP contribution is -2.19. The molecule has 21 heavy (non-hydrogen) atoms. The average Bonchev–Trinajstić information content (AvgIpc) is 2.50. The summed E-state index contributed by atoms with van der Waals surface area (Å²) in [7, 11) is -1.40. The second kappa shape index (κ2) is 7.92. The average molecular weight is 314 g/mol. The van der Waals surface area contributed by atoms with E-state index in [4.69, 9.17) is 9.47 Å². The van der Waals surface area contributed by atoms with Crippen LogP contribution >= 0.6 is 0 Å². The zero-order chi connectivity index (χ0) is 15.9. The number of methoxy groups -OCH3 is 2. The summed E-state index contributed by atoms with van der Waals surface area (Å²) >= 11 is 0. The van der Waals surface area contributed by atoms with Crippen LogP contribution in [0.2, 0.25) is 0 Å². The molecule has 0 heterocycles. The van der Waals surface area contributed by atoms with Gasteiger partial charge in [-0.25, -0.2) is 13.2 Å². The Balaban J connectivity index is 3.20. The molecule has 0 N–H and O–H groups in total. The molecule has 6 nitrogen and oxygen atoms in total. The van der Waals surface area contributed by atoms with Crippen LogP contribution in [0, 0.1) is 0 Å². The van der Waals surface area contributed by atoms with E-state index in [1.54, 1.807) is 25.1 Å². The van der Waals surface area contributed by atoms with E-state index >= 15 is 0 Å². The van der Waals surface area contributed by atoms with Crippen LogP contribution in [0.25, 0.3) is 0 Å². The van der Waals surface area contributed by atoms with Gasteiger partial charge >= 0.3 is 5.97 Å². The van der Waals surface area contributed by atoms with Gasteiger partial charge in [0.25, 0.3) is 0 Å². The first-order valence-electron chi connectivity index (χ1n) is 6.14. The van der Waals surface area contributed by atoms with Crippen molar-refractivity contribution in [2.45, 2.75) is 17.9 Å². The Morgan fingerprint density at radius 1 is 1.24 bits per heavy atom. The van der Waals surface area contributed by atoms with Gasteiger partial charge in [-0.15, -0.1) is 0 Å². The molecular weight excluding hydrogens is 296 g/mol. The van der Waals surface area contributed by atoms with Gasteiger partial charge in [-0.1, -0.05) is 18.2 Å². The molecule has 0 bridgehead atoms. The Hall–Kier alpha value is -1.70. The number of ether oxygens (including phenoxy) is 3. The van der Waals surface area contributed by atoms with E-state index in [9.17, 15) is 13.2 Å². The topological polar surface area (TPSA) is 78.9 Å². The summed E-state index contributed by atoms with van der Waals surface area (Å²) in [6.07, 6.45) is 0.574. The number of hydrogen-bond donors (Lipinski definition) is 0. The second-order valence-corrected chi connectivity index (χ2v) is 6.04. The number of carbonyl (C=O) groups is 1. The fourth-order valence-electron chi connectivity index (χ4n) is 1.53. The lowest BCUT2D eigenvalue weighted by atomic mass is 10.3. The summed E-state index contributed by atoms with van der Waals surface area (Å²) in [5.41, 5.74) is 0. The Morgan fingerprint density at radius 3 is 2.38 bits per heavy atom. The molecule has 1 unspecified atom stereocenters. The van der Waals surface area contributed by atoms with Crippen LogP contribution in [0.15, 0.2) is 46.2 Å². The molecule has 1 aromatic rings. The van der Waals surface area contributed by atoms with E-state index in [-0.39, 0.29) is 11.7 Å². The van der Waals surface area contributed by atoms with Crippen LogP contribution in [0.4, 0.5) is 0 Å². The smallest absolute Gasteiger partial charge is 0.349 e. The summed E-state index contributed by atoms with van der Waals surface area (Å²) in [4.78, 5) is 11.3. The molecular formula is C14H18O6S. The molecule has 0 aliphatic heterocycles. The first-order chi connectivity index (χ1) is 9.93. The SMILES string of the molecule is COCOC(C)/C=C(\C(=O)OC)S(=O)(=O)c1ccccc1. The van der Waals surface area contributed by atoms with Crippen molar-refractivity contribution in [3.05, 3.63) is 41.3 Å². The summed E-state index contributed by atoms with van der Waals surface area (Å²) in [6, 6.07) is 7.66. The summed E-state index contributed by atoms with van der Waals surface area (Å²) < 4.78 is 39.4. The minimum atomic E-state index is -3.97. The van der Waals surface area contributed by atoms with Gasteiger partial charge in [0.1, 0.15) is 6.79 Å². The van der Waals surface area contributed by atoms with Crippen LogP contribution < -0.4 is 0 Å². The molecule has 0 fully saturated rings. The molecule has 116 valence electrons. The van der Waals surface area contributed by atoms with Crippen molar-refractivity contribution >= 4 is 15.8 Å². The van der Waals surface area contributed by atoms with E-state index in [2.05, 4.69) is 4.74 Å². The van der Waals surface area contributed by atoms with Gasteiger partial charge in [-0.3, -0.25) is 0 Å². The van der Waals surface area contributed by atoms with Crippen molar-refractivity contribution in [3.8, 4) is 0 Å². The molecule has 1 aromatic carbocycles. The monoisotopic (exact) mass is 314 g/mol. The lowest BCUT2D eigenvalue weighted by Gasteiger charge is -2.11. The van der Waals surface area contributed by atoms with Crippen molar-refractivity contribution < 1.29 is 27.4 Å². The van der Waals surface area contributed by atoms with Crippen molar-refractivity contribution in [3.63, 3.8) is 0 Å². The van der Waals surface area contributed by atoms with Gasteiger partial charge in [0.2, 0.25) is 9.84 Å². The Bertz CT molecular complexity index is 591. The van der Waals surface area contributed by atoms with Gasteiger partial charge in [0, 0.05) is 7.11 Å². The molecule has 0 saturated carbocycles. The first-order valence-corrected chi connectivity index (χ1v) is 7.62. The van der Waals surface area contributed by atoms with Crippen molar-refractivity contribution in [1.82, 2.24) is 0 Å². The van der Waals surface area contributed by atoms with Gasteiger partial charge in [-0.05, 0) is 25.1 Å². The van der Waals surface area contributed by atoms with Crippen LogP contribution in [0.5, 0.6) is 0 Å². The molecule has 0 aromatic heterocycles. The maximum Gasteiger partial charge on any atom is 0.349 e. The van der Waals surface area contributed by atoms with Gasteiger partial charge in [0.05, 0.1) is 18.1 Å². The third kappa shape index (κ3) is 4.66. The second-order valence-electron chi connectivity index (χ2n) is 4.12. The summed E-state index contributed by atoms with van der Waals surface area (Å²) in [5, 5.41) is 0. The first kappa shape index (κ1) is 17.4. The molecule has 7 heteroatoms. The van der Waals surface area contributed by atoms with Crippen LogP contribution in [-0.2, 0) is 28.8 Å². The predicted octanol–water partition coefficient (Wildman–Crippen LogP) is 1.53. The highest BCUT2D eigenvalue weighted by molar-refractivity contribution is 7.96. The molecule has 0 saturated heterocycles. The number of sulfone groups is 1. The van der Waals surface area contributed by atoms with Gasteiger partial charge in [0.15, 0.2) is 4.91 Å². The molecule has 1 atom stereocenters. The molecule has 0 radical (unpaired) electrons. The number of rotatable bonds is 7. The van der Waals surface area contributed by atoms with Crippen molar-refractivity contribution in [2.75, 3.05) is 21.0 Å². The zero-order valence-electron chi connectivity index (χ0n) is 12.1. The van der Waals surface area contributed by atoms with E-state index in [1.165, 1.54) is 25.3 Å². The minimum Gasteiger partial charge on any atom is -0.465 e. The van der Waals surface area contributed by atoms with E-state index in [1.807, 2.05) is 0 Å². The van der Waals surface area contributed by atoms with Crippen LogP contribution in [0.3, 0.4) is 0 Å². The standard InChI is InChI=1S/C14H18O6S/c1-11(20-10-18-2)9-13(14(15)19-3)21(16,17)12-7-5-4-6-8-12/h4-9,11H,10H2,1-3H3/b13-9+.